The van der Waals surface area contributed by atoms with E-state index in [2.05, 4.69) is 15.1 Å². The highest BCUT2D eigenvalue weighted by molar-refractivity contribution is 5.98. The van der Waals surface area contributed by atoms with Crippen molar-refractivity contribution in [3.8, 4) is 0 Å². The lowest BCUT2D eigenvalue weighted by molar-refractivity contribution is -0.137. The average Bonchev–Trinajstić information content (AvgIpc) is 3.18. The molecular formula is C23H19F4N5O2. The summed E-state index contributed by atoms with van der Waals surface area (Å²) in [5.74, 6) is -0.750. The van der Waals surface area contributed by atoms with Crippen LogP contribution in [0.25, 0.3) is 10.9 Å². The van der Waals surface area contributed by atoms with Crippen LogP contribution in [0.15, 0.2) is 47.1 Å². The number of nitrogens with zero attached hydrogens (tertiary/aromatic N) is 4. The lowest BCUT2D eigenvalue weighted by Crippen LogP contribution is -2.31. The van der Waals surface area contributed by atoms with E-state index in [4.69, 9.17) is 10.3 Å². The van der Waals surface area contributed by atoms with Gasteiger partial charge >= 0.3 is 6.18 Å². The van der Waals surface area contributed by atoms with Crippen molar-refractivity contribution in [1.82, 2.24) is 20.0 Å². The predicted molar refractivity (Wildman–Crippen MR) is 115 cm³/mol. The average molecular weight is 473 g/mol. The molecule has 0 atom stereocenters. The van der Waals surface area contributed by atoms with Crippen molar-refractivity contribution in [2.45, 2.75) is 33.1 Å². The normalized spacial score (nSPS) is 11.7. The minimum absolute atomic E-state index is 0.0740. The number of aryl methyl sites for hydroxylation is 2. The van der Waals surface area contributed by atoms with Gasteiger partial charge < -0.3 is 15.2 Å². The van der Waals surface area contributed by atoms with Crippen molar-refractivity contribution in [3.63, 3.8) is 0 Å². The Morgan fingerprint density at radius 3 is 2.44 bits per heavy atom. The van der Waals surface area contributed by atoms with E-state index in [1.54, 1.807) is 26.0 Å². The number of aromatic nitrogens is 3. The van der Waals surface area contributed by atoms with Crippen molar-refractivity contribution < 1.29 is 26.9 Å². The summed E-state index contributed by atoms with van der Waals surface area (Å²) in [5.41, 5.74) is 6.19. The molecule has 0 saturated carbocycles. The Hall–Kier alpha value is -4.02. The van der Waals surface area contributed by atoms with Crippen LogP contribution in [0.4, 0.5) is 23.4 Å². The van der Waals surface area contributed by atoms with Gasteiger partial charge in [0.25, 0.3) is 5.91 Å². The molecule has 0 aliphatic carbocycles. The fourth-order valence-corrected chi connectivity index (χ4v) is 3.42. The van der Waals surface area contributed by atoms with Crippen LogP contribution < -0.4 is 5.73 Å². The van der Waals surface area contributed by atoms with Gasteiger partial charge in [0.15, 0.2) is 0 Å². The molecule has 0 radical (unpaired) electrons. The Morgan fingerprint density at radius 1 is 1.09 bits per heavy atom. The van der Waals surface area contributed by atoms with E-state index in [0.717, 1.165) is 12.1 Å². The molecule has 3 heterocycles. The zero-order valence-electron chi connectivity index (χ0n) is 18.2. The molecule has 176 valence electrons. The number of nitrogens with two attached hydrogens (primary N) is 1. The molecule has 34 heavy (non-hydrogen) atoms. The molecule has 7 nitrogen and oxygen atoms in total. The zero-order valence-corrected chi connectivity index (χ0v) is 18.2. The number of alkyl halides is 3. The maximum Gasteiger partial charge on any atom is 0.417 e. The molecule has 0 aliphatic heterocycles. The second-order valence-corrected chi connectivity index (χ2v) is 7.84. The van der Waals surface area contributed by atoms with Gasteiger partial charge in [-0.05, 0) is 43.7 Å². The molecule has 0 aliphatic rings. The van der Waals surface area contributed by atoms with Gasteiger partial charge in [0, 0.05) is 23.7 Å². The Kier molecular flexibility index (Phi) is 5.94. The van der Waals surface area contributed by atoms with Gasteiger partial charge in [-0.2, -0.15) is 13.2 Å². The van der Waals surface area contributed by atoms with Gasteiger partial charge in [0.1, 0.15) is 23.1 Å². The molecule has 0 fully saturated rings. The summed E-state index contributed by atoms with van der Waals surface area (Å²) in [6.45, 7) is 3.15. The maximum atomic E-state index is 14.9. The lowest BCUT2D eigenvalue weighted by Gasteiger charge is -2.22. The van der Waals surface area contributed by atoms with Crippen molar-refractivity contribution in [1.29, 1.82) is 0 Å². The third-order valence-corrected chi connectivity index (χ3v) is 5.19. The molecule has 3 aromatic heterocycles. The summed E-state index contributed by atoms with van der Waals surface area (Å²) < 4.78 is 58.6. The number of nitrogen functional groups attached to an aromatic ring is 1. The molecule has 0 unspecified atom stereocenters. The number of anilines is 1. The van der Waals surface area contributed by atoms with E-state index in [9.17, 15) is 22.4 Å². The van der Waals surface area contributed by atoms with E-state index < -0.39 is 23.5 Å². The Bertz CT molecular complexity index is 1370. The number of carbonyl (C=O) groups is 1. The smallest absolute Gasteiger partial charge is 0.383 e. The van der Waals surface area contributed by atoms with E-state index in [1.165, 1.54) is 17.0 Å². The number of amides is 1. The quantitative estimate of drug-likeness (QED) is 0.418. The third kappa shape index (κ3) is 4.82. The molecule has 4 rings (SSSR count). The fourth-order valence-electron chi connectivity index (χ4n) is 3.42. The Labute approximate surface area is 191 Å². The monoisotopic (exact) mass is 473 g/mol. The fraction of sp³-hybridized carbons (Fsp3) is 0.217. The number of rotatable bonds is 5. The topological polar surface area (TPSA) is 98.1 Å². The van der Waals surface area contributed by atoms with Crippen LogP contribution in [-0.2, 0) is 19.3 Å². The van der Waals surface area contributed by atoms with Gasteiger partial charge in [-0.1, -0.05) is 5.16 Å². The van der Waals surface area contributed by atoms with Crippen molar-refractivity contribution in [2.75, 3.05) is 5.73 Å². The minimum Gasteiger partial charge on any atom is -0.383 e. The van der Waals surface area contributed by atoms with E-state index in [-0.39, 0.29) is 30.2 Å². The van der Waals surface area contributed by atoms with Gasteiger partial charge in [-0.3, -0.25) is 9.78 Å². The largest absolute Gasteiger partial charge is 0.417 e. The van der Waals surface area contributed by atoms with Crippen molar-refractivity contribution in [3.05, 3.63) is 82.3 Å². The van der Waals surface area contributed by atoms with Crippen LogP contribution >= 0.6 is 0 Å². The second-order valence-electron chi connectivity index (χ2n) is 7.84. The first kappa shape index (κ1) is 23.1. The number of benzene rings is 1. The number of hydrogen-bond donors (Lipinski definition) is 1. The van der Waals surface area contributed by atoms with Gasteiger partial charge in [0.05, 0.1) is 35.4 Å². The standard InChI is InChI=1S/C23H19F4N5O2/c1-12-5-14-7-18(19(24)8-20(14)30-21(12)28)22(33)32(11-17-6-13(2)34-31-17)10-16-4-3-15(9-29-16)23(25,26)27/h3-9H,10-11H2,1-2H3,(H2,28,30). The van der Waals surface area contributed by atoms with Crippen LogP contribution in [0.1, 0.15) is 38.6 Å². The second kappa shape index (κ2) is 8.73. The minimum atomic E-state index is -4.54. The molecule has 1 aromatic carbocycles. The maximum absolute atomic E-state index is 14.9. The van der Waals surface area contributed by atoms with Crippen LogP contribution in [0.5, 0.6) is 0 Å². The summed E-state index contributed by atoms with van der Waals surface area (Å²) in [7, 11) is 0. The first-order chi connectivity index (χ1) is 16.0. The summed E-state index contributed by atoms with van der Waals surface area (Å²) in [4.78, 5) is 22.6. The lowest BCUT2D eigenvalue weighted by atomic mass is 10.1. The number of hydrogen-bond acceptors (Lipinski definition) is 6. The van der Waals surface area contributed by atoms with Crippen LogP contribution in [-0.4, -0.2) is 25.9 Å². The summed E-state index contributed by atoms with van der Waals surface area (Å²) >= 11 is 0. The molecule has 0 spiro atoms. The summed E-state index contributed by atoms with van der Waals surface area (Å²) in [6, 6.07) is 7.83. The molecular weight excluding hydrogens is 454 g/mol. The highest BCUT2D eigenvalue weighted by atomic mass is 19.4. The third-order valence-electron chi connectivity index (χ3n) is 5.19. The van der Waals surface area contributed by atoms with E-state index >= 15 is 0 Å². The van der Waals surface area contributed by atoms with Crippen LogP contribution in [0.2, 0.25) is 0 Å². The number of pyridine rings is 2. The van der Waals surface area contributed by atoms with Crippen LogP contribution in [0.3, 0.4) is 0 Å². The first-order valence-electron chi connectivity index (χ1n) is 10.1. The first-order valence-corrected chi connectivity index (χ1v) is 10.1. The van der Waals surface area contributed by atoms with Gasteiger partial charge in [0.2, 0.25) is 0 Å². The summed E-state index contributed by atoms with van der Waals surface area (Å²) in [5, 5.41) is 4.37. The molecule has 4 aromatic rings. The molecule has 0 bridgehead atoms. The van der Waals surface area contributed by atoms with E-state index in [0.29, 0.717) is 34.1 Å². The van der Waals surface area contributed by atoms with Crippen molar-refractivity contribution in [2.24, 2.45) is 0 Å². The molecule has 2 N–H and O–H groups in total. The zero-order chi connectivity index (χ0) is 24.6. The van der Waals surface area contributed by atoms with Crippen molar-refractivity contribution >= 4 is 22.6 Å². The Balaban J connectivity index is 1.70. The highest BCUT2D eigenvalue weighted by Crippen LogP contribution is 2.29. The highest BCUT2D eigenvalue weighted by Gasteiger charge is 2.31. The summed E-state index contributed by atoms with van der Waals surface area (Å²) in [6.07, 6.45) is -3.85. The molecule has 0 saturated heterocycles. The van der Waals surface area contributed by atoms with Gasteiger partial charge in [-0.15, -0.1) is 0 Å². The number of halogens is 4. The molecule has 1 amide bonds. The van der Waals surface area contributed by atoms with Gasteiger partial charge in [-0.25, -0.2) is 9.37 Å². The Morgan fingerprint density at radius 2 is 1.82 bits per heavy atom. The number of fused-ring (bicyclic) bond motifs is 1. The van der Waals surface area contributed by atoms with Crippen LogP contribution in [0, 0.1) is 19.7 Å². The molecule has 11 heteroatoms. The number of carbonyl (C=O) groups excluding carboxylic acids is 1. The predicted octanol–water partition coefficient (Wildman–Crippen LogP) is 4.82. The van der Waals surface area contributed by atoms with E-state index in [1.807, 2.05) is 0 Å². The SMILES string of the molecule is Cc1cc(CN(Cc2ccc(C(F)(F)F)cn2)C(=O)c2cc3cc(C)c(N)nc3cc2F)no1.